The van der Waals surface area contributed by atoms with Crippen molar-refractivity contribution >= 4 is 16.7 Å². The number of phenolic OH excluding ortho intramolecular Hbond substituents is 1. The highest BCUT2D eigenvalue weighted by atomic mass is 16.5. The fourth-order valence-electron chi connectivity index (χ4n) is 4.76. The number of phenols is 1. The van der Waals surface area contributed by atoms with Gasteiger partial charge >= 0.3 is 0 Å². The molecule has 2 aromatic carbocycles. The van der Waals surface area contributed by atoms with Gasteiger partial charge in [0.05, 0.1) is 18.7 Å². The van der Waals surface area contributed by atoms with Gasteiger partial charge in [0.2, 0.25) is 0 Å². The lowest BCUT2D eigenvalue weighted by atomic mass is 9.90. The lowest BCUT2D eigenvalue weighted by Crippen LogP contribution is -2.46. The van der Waals surface area contributed by atoms with Crippen LogP contribution in [0.15, 0.2) is 48.8 Å². The molecule has 1 saturated carbocycles. The van der Waals surface area contributed by atoms with Gasteiger partial charge < -0.3 is 15.2 Å². The van der Waals surface area contributed by atoms with E-state index < -0.39 is 0 Å². The molecule has 2 N–H and O–H groups in total. The molecule has 0 bridgehead atoms. The number of rotatable bonds is 4. The minimum atomic E-state index is 0.271. The maximum Gasteiger partial charge on any atom is 0.137 e. The summed E-state index contributed by atoms with van der Waals surface area (Å²) < 4.78 is 5.50. The standard InChI is InChI=1S/C24H28N4O2/c29-21-3-1-2-17(14-21)18-4-9-23-22(15-18)24(26-16-25-23)27-19-5-7-20(8-6-19)28-10-12-30-13-11-28/h1-4,9,14-16,19-20,29H,5-8,10-13H2,(H,25,26,27). The first-order valence-corrected chi connectivity index (χ1v) is 10.9. The van der Waals surface area contributed by atoms with Gasteiger partial charge in [-0.05, 0) is 61.1 Å². The summed E-state index contributed by atoms with van der Waals surface area (Å²) in [6.07, 6.45) is 6.38. The summed E-state index contributed by atoms with van der Waals surface area (Å²) in [4.78, 5) is 11.6. The van der Waals surface area contributed by atoms with Gasteiger partial charge in [0.25, 0.3) is 0 Å². The minimum Gasteiger partial charge on any atom is -0.508 e. The van der Waals surface area contributed by atoms with E-state index in [0.29, 0.717) is 12.1 Å². The number of benzene rings is 2. The van der Waals surface area contributed by atoms with Crippen molar-refractivity contribution in [1.29, 1.82) is 0 Å². The first kappa shape index (κ1) is 19.3. The number of nitrogens with zero attached hydrogens (tertiary/aromatic N) is 3. The Balaban J connectivity index is 1.32. The molecule has 1 saturated heterocycles. The van der Waals surface area contributed by atoms with Crippen LogP contribution in [0, 0.1) is 0 Å². The van der Waals surface area contributed by atoms with Crippen LogP contribution in [-0.2, 0) is 4.74 Å². The van der Waals surface area contributed by atoms with Crippen molar-refractivity contribution in [3.63, 3.8) is 0 Å². The third-order valence-corrected chi connectivity index (χ3v) is 6.41. The average molecular weight is 405 g/mol. The molecule has 0 radical (unpaired) electrons. The molecule has 2 heterocycles. The summed E-state index contributed by atoms with van der Waals surface area (Å²) in [5.74, 6) is 1.17. The normalized spacial score (nSPS) is 22.8. The van der Waals surface area contributed by atoms with E-state index in [1.165, 1.54) is 12.8 Å². The lowest BCUT2D eigenvalue weighted by Gasteiger charge is -2.39. The van der Waals surface area contributed by atoms with Crippen LogP contribution in [0.5, 0.6) is 5.75 Å². The second-order valence-corrected chi connectivity index (χ2v) is 8.30. The molecular formula is C24H28N4O2. The summed E-state index contributed by atoms with van der Waals surface area (Å²) in [7, 11) is 0. The molecule has 1 aliphatic carbocycles. The number of fused-ring (bicyclic) bond motifs is 1. The number of aromatic nitrogens is 2. The van der Waals surface area contributed by atoms with Gasteiger partial charge in [0.1, 0.15) is 17.9 Å². The Morgan fingerprint density at radius 1 is 0.933 bits per heavy atom. The van der Waals surface area contributed by atoms with Crippen molar-refractivity contribution in [3.05, 3.63) is 48.8 Å². The zero-order valence-corrected chi connectivity index (χ0v) is 17.1. The topological polar surface area (TPSA) is 70.5 Å². The molecular weight excluding hydrogens is 376 g/mol. The molecule has 2 aliphatic rings. The second-order valence-electron chi connectivity index (χ2n) is 8.30. The van der Waals surface area contributed by atoms with Gasteiger partial charge in [0.15, 0.2) is 0 Å². The van der Waals surface area contributed by atoms with E-state index in [1.807, 2.05) is 24.3 Å². The van der Waals surface area contributed by atoms with Gasteiger partial charge in [-0.15, -0.1) is 0 Å². The van der Waals surface area contributed by atoms with Crippen molar-refractivity contribution in [2.75, 3.05) is 31.6 Å². The molecule has 156 valence electrons. The number of anilines is 1. The van der Waals surface area contributed by atoms with Crippen LogP contribution in [0.2, 0.25) is 0 Å². The number of hydrogen-bond acceptors (Lipinski definition) is 6. The summed E-state index contributed by atoms with van der Waals surface area (Å²) >= 11 is 0. The minimum absolute atomic E-state index is 0.271. The van der Waals surface area contributed by atoms with Gasteiger partial charge in [-0.3, -0.25) is 4.90 Å². The molecule has 0 spiro atoms. The highest BCUT2D eigenvalue weighted by Gasteiger charge is 2.27. The zero-order chi connectivity index (χ0) is 20.3. The van der Waals surface area contributed by atoms with E-state index in [4.69, 9.17) is 4.74 Å². The molecule has 0 amide bonds. The highest BCUT2D eigenvalue weighted by Crippen LogP contribution is 2.31. The lowest BCUT2D eigenvalue weighted by molar-refractivity contribution is 0.00791. The summed E-state index contributed by atoms with van der Waals surface area (Å²) in [5.41, 5.74) is 2.96. The van der Waals surface area contributed by atoms with Crippen molar-refractivity contribution < 1.29 is 9.84 Å². The van der Waals surface area contributed by atoms with E-state index in [0.717, 1.165) is 67.0 Å². The Labute approximate surface area is 176 Å². The van der Waals surface area contributed by atoms with Gasteiger partial charge in [-0.2, -0.15) is 0 Å². The molecule has 1 aromatic heterocycles. The van der Waals surface area contributed by atoms with Crippen LogP contribution in [-0.4, -0.2) is 58.4 Å². The van der Waals surface area contributed by atoms with E-state index in [9.17, 15) is 5.11 Å². The maximum atomic E-state index is 9.83. The van der Waals surface area contributed by atoms with Crippen LogP contribution in [0.25, 0.3) is 22.0 Å². The van der Waals surface area contributed by atoms with E-state index in [-0.39, 0.29) is 5.75 Å². The largest absolute Gasteiger partial charge is 0.508 e. The van der Waals surface area contributed by atoms with Crippen molar-refractivity contribution in [3.8, 4) is 16.9 Å². The van der Waals surface area contributed by atoms with Crippen LogP contribution in [0.4, 0.5) is 5.82 Å². The third-order valence-electron chi connectivity index (χ3n) is 6.41. The number of morpholine rings is 1. The SMILES string of the molecule is Oc1cccc(-c2ccc3ncnc(NC4CCC(N5CCOCC5)CC4)c3c2)c1. The van der Waals surface area contributed by atoms with E-state index >= 15 is 0 Å². The predicted octanol–water partition coefficient (Wildman–Crippen LogP) is 4.06. The number of ether oxygens (including phenoxy) is 1. The smallest absolute Gasteiger partial charge is 0.137 e. The number of aromatic hydroxyl groups is 1. The van der Waals surface area contributed by atoms with Gasteiger partial charge in [0, 0.05) is 30.6 Å². The van der Waals surface area contributed by atoms with Gasteiger partial charge in [-0.25, -0.2) is 9.97 Å². The first-order valence-electron chi connectivity index (χ1n) is 10.9. The predicted molar refractivity (Wildman–Crippen MR) is 119 cm³/mol. The molecule has 6 nitrogen and oxygen atoms in total. The first-order chi connectivity index (χ1) is 14.8. The monoisotopic (exact) mass is 404 g/mol. The van der Waals surface area contributed by atoms with E-state index in [1.54, 1.807) is 18.5 Å². The van der Waals surface area contributed by atoms with Crippen molar-refractivity contribution in [2.45, 2.75) is 37.8 Å². The summed E-state index contributed by atoms with van der Waals surface area (Å²) in [5, 5.41) is 14.5. The summed E-state index contributed by atoms with van der Waals surface area (Å²) in [6, 6.07) is 14.6. The molecule has 5 rings (SSSR count). The molecule has 6 heteroatoms. The Bertz CT molecular complexity index is 1010. The average Bonchev–Trinajstić information content (AvgIpc) is 2.80. The molecule has 2 fully saturated rings. The van der Waals surface area contributed by atoms with Crippen LogP contribution < -0.4 is 5.32 Å². The van der Waals surface area contributed by atoms with Crippen LogP contribution in [0.3, 0.4) is 0 Å². The van der Waals surface area contributed by atoms with Crippen LogP contribution >= 0.6 is 0 Å². The van der Waals surface area contributed by atoms with Gasteiger partial charge in [-0.1, -0.05) is 18.2 Å². The fourth-order valence-corrected chi connectivity index (χ4v) is 4.76. The highest BCUT2D eigenvalue weighted by molar-refractivity contribution is 5.92. The second kappa shape index (κ2) is 8.58. The van der Waals surface area contributed by atoms with Crippen molar-refractivity contribution in [2.24, 2.45) is 0 Å². The summed E-state index contributed by atoms with van der Waals surface area (Å²) in [6.45, 7) is 3.87. The third kappa shape index (κ3) is 4.11. The Kier molecular flexibility index (Phi) is 5.51. The molecule has 30 heavy (non-hydrogen) atoms. The molecule has 3 aromatic rings. The number of nitrogens with one attached hydrogen (secondary N) is 1. The quantitative estimate of drug-likeness (QED) is 0.683. The Hall–Kier alpha value is -2.70. The molecule has 1 aliphatic heterocycles. The fraction of sp³-hybridized carbons (Fsp3) is 0.417. The van der Waals surface area contributed by atoms with E-state index in [2.05, 4.69) is 26.3 Å². The molecule has 0 atom stereocenters. The van der Waals surface area contributed by atoms with Crippen molar-refractivity contribution in [1.82, 2.24) is 14.9 Å². The zero-order valence-electron chi connectivity index (χ0n) is 17.1. The number of hydrogen-bond donors (Lipinski definition) is 2. The molecule has 0 unspecified atom stereocenters. The maximum absolute atomic E-state index is 9.83. The Morgan fingerprint density at radius 2 is 1.73 bits per heavy atom. The van der Waals surface area contributed by atoms with Crippen LogP contribution in [0.1, 0.15) is 25.7 Å². The Morgan fingerprint density at radius 3 is 2.53 bits per heavy atom.